The van der Waals surface area contributed by atoms with Gasteiger partial charge in [0.2, 0.25) is 0 Å². The molecule has 0 aromatic rings. The van der Waals surface area contributed by atoms with E-state index in [4.69, 9.17) is 18.9 Å². The SMILES string of the molecule is CC/C=C\C/C=C\C/C=C\C/C=C\C/C=C\C/C=C\C/C=C\C/C=C\C/C=C\CCCCCCCCCCCCCC(=O)OC(COC(=O)CCCCCCCCCCCCCCCCCCCCCCCCCCCCCCCCCCCCCCCCC)COC(OCC[N+](C)(C)C)C(=O)[O-]. The molecular formula is C94H167NO8. The Morgan fingerprint density at radius 1 is 0.301 bits per heavy atom. The molecule has 0 radical (unpaired) electrons. The van der Waals surface area contributed by atoms with Crippen LogP contribution < -0.4 is 5.11 Å². The number of hydrogen-bond acceptors (Lipinski definition) is 8. The van der Waals surface area contributed by atoms with Crippen molar-refractivity contribution >= 4 is 17.9 Å². The quantitative estimate of drug-likeness (QED) is 0.0195. The molecule has 9 nitrogen and oxygen atoms in total. The van der Waals surface area contributed by atoms with Gasteiger partial charge in [-0.05, 0) is 83.5 Å². The van der Waals surface area contributed by atoms with Gasteiger partial charge in [0.1, 0.15) is 13.2 Å². The molecule has 0 rings (SSSR count). The Bertz CT molecular complexity index is 2070. The normalized spacial score (nSPS) is 13.1. The number of carbonyl (C=O) groups excluding carboxylic acids is 3. The van der Waals surface area contributed by atoms with Crippen molar-refractivity contribution in [3.63, 3.8) is 0 Å². The van der Waals surface area contributed by atoms with E-state index in [1.165, 1.54) is 276 Å². The number of ether oxygens (including phenoxy) is 4. The van der Waals surface area contributed by atoms with Crippen molar-refractivity contribution in [2.75, 3.05) is 47.5 Å². The van der Waals surface area contributed by atoms with E-state index < -0.39 is 24.3 Å². The third-order valence-electron chi connectivity index (χ3n) is 19.5. The second-order valence-corrected chi connectivity index (χ2v) is 30.8. The topological polar surface area (TPSA) is 111 Å². The smallest absolute Gasteiger partial charge is 0.306 e. The molecule has 2 unspecified atom stereocenters. The molecule has 0 N–H and O–H groups in total. The predicted molar refractivity (Wildman–Crippen MR) is 444 cm³/mol. The largest absolute Gasteiger partial charge is 0.545 e. The highest BCUT2D eigenvalue weighted by atomic mass is 16.7. The minimum Gasteiger partial charge on any atom is -0.545 e. The summed E-state index contributed by atoms with van der Waals surface area (Å²) < 4.78 is 22.9. The number of rotatable bonds is 82. The first-order valence-electron chi connectivity index (χ1n) is 44.0. The zero-order chi connectivity index (χ0) is 74.6. The van der Waals surface area contributed by atoms with Gasteiger partial charge in [-0.1, -0.05) is 425 Å². The van der Waals surface area contributed by atoms with Crippen LogP contribution in [0.1, 0.15) is 412 Å². The summed E-state index contributed by atoms with van der Waals surface area (Å²) in [6.45, 7) is 4.69. The number of esters is 2. The highest BCUT2D eigenvalue weighted by Crippen LogP contribution is 2.20. The Kier molecular flexibility index (Phi) is 80.3. The van der Waals surface area contributed by atoms with Crippen LogP contribution >= 0.6 is 0 Å². The maximum Gasteiger partial charge on any atom is 0.306 e. The molecule has 0 aliphatic heterocycles. The maximum atomic E-state index is 13.0. The van der Waals surface area contributed by atoms with Crippen molar-refractivity contribution in [2.45, 2.75) is 424 Å². The molecule has 0 fully saturated rings. The molecule has 0 aromatic carbocycles. The standard InChI is InChI=1S/C94H167NO8/c1-6-8-10-12-14-16-18-20-22-24-26-28-30-32-34-36-38-40-42-44-46-48-50-52-54-56-58-60-62-64-66-68-70-72-74-76-78-80-82-84-91(96)101-88-90(89-102-94(93(98)99)100-87-86-95(3,4)5)103-92(97)85-83-81-79-77-75-73-71-69-67-65-63-61-59-57-55-53-51-49-47-45-43-41-39-37-35-33-31-29-27-25-23-21-19-17-15-13-11-9-7-2/h9,11,15,17,21,23,27,29,33,35,39,41,45,47,51,53,57,59,90,94H,6-8,10,12-14,16,18-20,22,24-26,28,30-32,34,36-38,40,42-44,46,48-50,52,54-56,58,60-89H2,1-5H3/b11-9-,17-15-,23-21-,29-27-,35-33-,41-39-,47-45-,53-51-,59-57-. The third kappa shape index (κ3) is 85.1. The Labute approximate surface area is 638 Å². The summed E-state index contributed by atoms with van der Waals surface area (Å²) in [5.41, 5.74) is 0. The number of nitrogens with zero attached hydrogens (tertiary/aromatic N) is 1. The Balaban J connectivity index is 3.98. The molecule has 2 atom stereocenters. The monoisotopic (exact) mass is 1440 g/mol. The van der Waals surface area contributed by atoms with E-state index in [2.05, 4.69) is 123 Å². The number of unbranched alkanes of at least 4 members (excludes halogenated alkanes) is 49. The first-order chi connectivity index (χ1) is 50.6. The summed E-state index contributed by atoms with van der Waals surface area (Å²) in [7, 11) is 5.94. The fourth-order valence-corrected chi connectivity index (χ4v) is 12.9. The highest BCUT2D eigenvalue weighted by Gasteiger charge is 2.22. The molecule has 0 amide bonds. The number of hydrogen-bond donors (Lipinski definition) is 0. The van der Waals surface area contributed by atoms with Gasteiger partial charge in [0, 0.05) is 12.8 Å². The Morgan fingerprint density at radius 3 is 0.825 bits per heavy atom. The Morgan fingerprint density at radius 2 is 0.553 bits per heavy atom. The van der Waals surface area contributed by atoms with Crippen LogP contribution in [0.4, 0.5) is 0 Å². The van der Waals surface area contributed by atoms with Crippen LogP contribution in [-0.2, 0) is 33.3 Å². The molecule has 0 saturated heterocycles. The third-order valence-corrected chi connectivity index (χ3v) is 19.5. The van der Waals surface area contributed by atoms with Crippen LogP contribution in [0.5, 0.6) is 0 Å². The van der Waals surface area contributed by atoms with Crippen LogP contribution in [-0.4, -0.2) is 82.3 Å². The van der Waals surface area contributed by atoms with E-state index in [0.29, 0.717) is 23.9 Å². The van der Waals surface area contributed by atoms with E-state index in [9.17, 15) is 19.5 Å². The average Bonchev–Trinajstić information content (AvgIpc) is 0.985. The summed E-state index contributed by atoms with van der Waals surface area (Å²) in [5, 5.41) is 11.9. The lowest BCUT2D eigenvalue weighted by Crippen LogP contribution is -2.44. The molecule has 9 heteroatoms. The van der Waals surface area contributed by atoms with Gasteiger partial charge in [-0.25, -0.2) is 0 Å². The van der Waals surface area contributed by atoms with E-state index in [-0.39, 0.29) is 32.2 Å². The number of aliphatic carboxylic acids is 1. The lowest BCUT2D eigenvalue weighted by atomic mass is 10.0. The Hall–Kier alpha value is -4.05. The molecule has 0 aliphatic carbocycles. The van der Waals surface area contributed by atoms with Crippen molar-refractivity contribution < 1.29 is 42.9 Å². The molecule has 0 saturated carbocycles. The number of allylic oxidation sites excluding steroid dienone is 18. The van der Waals surface area contributed by atoms with Gasteiger partial charge in [0.05, 0.1) is 40.3 Å². The van der Waals surface area contributed by atoms with Gasteiger partial charge in [-0.15, -0.1) is 0 Å². The van der Waals surface area contributed by atoms with Crippen molar-refractivity contribution in [3.8, 4) is 0 Å². The molecule has 103 heavy (non-hydrogen) atoms. The van der Waals surface area contributed by atoms with Crippen molar-refractivity contribution in [3.05, 3.63) is 109 Å². The lowest BCUT2D eigenvalue weighted by molar-refractivity contribution is -0.870. The number of carboxylic acids is 1. The summed E-state index contributed by atoms with van der Waals surface area (Å²) in [5.74, 6) is -2.27. The number of carbonyl (C=O) groups is 3. The van der Waals surface area contributed by atoms with Crippen LogP contribution in [0, 0.1) is 0 Å². The van der Waals surface area contributed by atoms with E-state index >= 15 is 0 Å². The molecule has 0 aliphatic rings. The van der Waals surface area contributed by atoms with E-state index in [1.807, 2.05) is 21.1 Å². The van der Waals surface area contributed by atoms with Gasteiger partial charge in [0.25, 0.3) is 0 Å². The number of quaternary nitrogens is 1. The second-order valence-electron chi connectivity index (χ2n) is 30.8. The van der Waals surface area contributed by atoms with Crippen molar-refractivity contribution in [2.24, 2.45) is 0 Å². The zero-order valence-corrected chi connectivity index (χ0v) is 68.4. The van der Waals surface area contributed by atoms with Crippen LogP contribution in [0.15, 0.2) is 109 Å². The van der Waals surface area contributed by atoms with Gasteiger partial charge >= 0.3 is 11.9 Å². The second kappa shape index (κ2) is 83.6. The fraction of sp³-hybridized carbons (Fsp3) is 0.777. The van der Waals surface area contributed by atoms with Crippen molar-refractivity contribution in [1.82, 2.24) is 0 Å². The lowest BCUT2D eigenvalue weighted by Gasteiger charge is -2.26. The average molecular weight is 1440 g/mol. The van der Waals surface area contributed by atoms with Crippen LogP contribution in [0.2, 0.25) is 0 Å². The van der Waals surface area contributed by atoms with E-state index in [0.717, 1.165) is 103 Å². The number of carboxylic acid groups (broad SMARTS) is 1. The predicted octanol–water partition coefficient (Wildman–Crippen LogP) is 27.5. The minimum atomic E-state index is -1.63. The minimum absolute atomic E-state index is 0.145. The summed E-state index contributed by atoms with van der Waals surface area (Å²) >= 11 is 0. The van der Waals surface area contributed by atoms with Crippen LogP contribution in [0.25, 0.3) is 0 Å². The first-order valence-corrected chi connectivity index (χ1v) is 44.0. The van der Waals surface area contributed by atoms with Gasteiger partial charge < -0.3 is 33.3 Å². The molecule has 0 aromatic heterocycles. The van der Waals surface area contributed by atoms with Gasteiger partial charge in [-0.2, -0.15) is 0 Å². The molecular weight excluding hydrogens is 1270 g/mol. The molecule has 0 heterocycles. The van der Waals surface area contributed by atoms with Crippen LogP contribution in [0.3, 0.4) is 0 Å². The van der Waals surface area contributed by atoms with Crippen molar-refractivity contribution in [1.29, 1.82) is 0 Å². The molecule has 596 valence electrons. The summed E-state index contributed by atoms with van der Waals surface area (Å²) in [6.07, 6.45) is 115. The molecule has 0 spiro atoms. The highest BCUT2D eigenvalue weighted by molar-refractivity contribution is 5.70. The van der Waals surface area contributed by atoms with Gasteiger partial charge in [-0.3, -0.25) is 9.59 Å². The zero-order valence-electron chi connectivity index (χ0n) is 68.4. The maximum absolute atomic E-state index is 13.0. The van der Waals surface area contributed by atoms with E-state index in [1.54, 1.807) is 0 Å². The number of likely N-dealkylation sites (N-methyl/N-ethyl adjacent to an activating group) is 1. The first kappa shape index (κ1) is 98.9. The fourth-order valence-electron chi connectivity index (χ4n) is 12.9. The van der Waals surface area contributed by atoms with Gasteiger partial charge in [0.15, 0.2) is 12.4 Å². The summed E-state index contributed by atoms with van der Waals surface area (Å²) in [6, 6.07) is 0. The molecule has 0 bridgehead atoms. The summed E-state index contributed by atoms with van der Waals surface area (Å²) in [4.78, 5) is 37.7.